The molecule has 3 rings (SSSR count). The minimum Gasteiger partial charge on any atom is -0.465 e. The predicted molar refractivity (Wildman–Crippen MR) is 73.1 cm³/mol. The lowest BCUT2D eigenvalue weighted by Crippen LogP contribution is -2.48. The number of carbonyl (C=O) groups excluding carboxylic acids is 1. The van der Waals surface area contributed by atoms with Crippen LogP contribution < -0.4 is 5.32 Å². The molecular weight excluding hydrogens is 242 g/mol. The molecule has 5 heteroatoms. The van der Waals surface area contributed by atoms with Crippen molar-refractivity contribution in [1.29, 1.82) is 0 Å². The van der Waals surface area contributed by atoms with E-state index in [1.165, 1.54) is 0 Å². The monoisotopic (exact) mass is 263 g/mol. The fourth-order valence-corrected chi connectivity index (χ4v) is 3.36. The van der Waals surface area contributed by atoms with E-state index in [4.69, 9.17) is 4.74 Å². The summed E-state index contributed by atoms with van der Waals surface area (Å²) in [4.78, 5) is 18.9. The smallest absolute Gasteiger partial charge is 0.324 e. The Balaban J connectivity index is 1.78. The Hall–Kier alpha value is -1.20. The molecule has 19 heavy (non-hydrogen) atoms. The first-order chi connectivity index (χ1) is 9.31. The summed E-state index contributed by atoms with van der Waals surface area (Å²) in [6, 6.07) is 0.367. The van der Waals surface area contributed by atoms with E-state index < -0.39 is 0 Å². The first kappa shape index (κ1) is 12.8. The fraction of sp³-hybridized carbons (Fsp3) is 0.714. The molecule has 2 aliphatic heterocycles. The Morgan fingerprint density at radius 2 is 2.42 bits per heavy atom. The topological polar surface area (TPSA) is 53.9 Å². The van der Waals surface area contributed by atoms with E-state index in [0.717, 1.165) is 19.5 Å². The van der Waals surface area contributed by atoms with Crippen LogP contribution in [0.5, 0.6) is 0 Å². The highest BCUT2D eigenvalue weighted by Gasteiger charge is 2.44. The van der Waals surface area contributed by atoms with Crippen LogP contribution in [0.25, 0.3) is 0 Å². The van der Waals surface area contributed by atoms with Crippen molar-refractivity contribution in [3.63, 3.8) is 0 Å². The minimum absolute atomic E-state index is 0.136. The van der Waals surface area contributed by atoms with Gasteiger partial charge in [0.25, 0.3) is 0 Å². The highest BCUT2D eigenvalue weighted by Crippen LogP contribution is 2.29. The first-order valence-corrected chi connectivity index (χ1v) is 7.13. The zero-order valence-corrected chi connectivity index (χ0v) is 11.3. The Morgan fingerprint density at radius 1 is 1.53 bits per heavy atom. The molecule has 1 saturated heterocycles. The lowest BCUT2D eigenvalue weighted by atomic mass is 9.89. The second-order valence-corrected chi connectivity index (χ2v) is 5.34. The number of esters is 1. The third kappa shape index (κ3) is 2.32. The summed E-state index contributed by atoms with van der Waals surface area (Å²) < 4.78 is 5.16. The first-order valence-electron chi connectivity index (χ1n) is 7.13. The molecule has 1 N–H and O–H groups in total. The van der Waals surface area contributed by atoms with Crippen LogP contribution in [-0.2, 0) is 9.53 Å². The van der Waals surface area contributed by atoms with Gasteiger partial charge in [0.15, 0.2) is 0 Å². The van der Waals surface area contributed by atoms with Crippen LogP contribution in [0.1, 0.15) is 19.8 Å². The highest BCUT2D eigenvalue weighted by molar-refractivity contribution is 5.77. The van der Waals surface area contributed by atoms with Crippen LogP contribution in [0.15, 0.2) is 17.1 Å². The van der Waals surface area contributed by atoms with Crippen LogP contribution in [-0.4, -0.2) is 55.0 Å². The molecule has 5 nitrogen and oxygen atoms in total. The van der Waals surface area contributed by atoms with Gasteiger partial charge in [-0.2, -0.15) is 0 Å². The number of hydrogen-bond acceptors (Lipinski definition) is 5. The average molecular weight is 263 g/mol. The van der Waals surface area contributed by atoms with Gasteiger partial charge in [0.1, 0.15) is 6.04 Å². The van der Waals surface area contributed by atoms with Crippen LogP contribution in [0.4, 0.5) is 0 Å². The zero-order chi connectivity index (χ0) is 13.2. The standard InChI is InChI=1S/C14H21N3O2/c1-2-19-14(18)13-12-8-15-7-10-5-3-4-6-11(10)17(12)9-16-13/h3,5,7,10-13,16H,2,4,6,8-9H2,1H3. The summed E-state index contributed by atoms with van der Waals surface area (Å²) in [5.41, 5.74) is 0. The zero-order valence-electron chi connectivity index (χ0n) is 11.3. The molecule has 0 aromatic rings. The Morgan fingerprint density at radius 3 is 3.26 bits per heavy atom. The molecule has 0 amide bonds. The van der Waals surface area contributed by atoms with Crippen LogP contribution in [0.2, 0.25) is 0 Å². The summed E-state index contributed by atoms with van der Waals surface area (Å²) in [6.45, 7) is 3.71. The second-order valence-electron chi connectivity index (χ2n) is 5.34. The summed E-state index contributed by atoms with van der Waals surface area (Å²) >= 11 is 0. The molecule has 0 spiro atoms. The van der Waals surface area contributed by atoms with Crippen molar-refractivity contribution < 1.29 is 9.53 Å². The highest BCUT2D eigenvalue weighted by atomic mass is 16.5. The van der Waals surface area contributed by atoms with Crippen molar-refractivity contribution in [1.82, 2.24) is 10.2 Å². The summed E-state index contributed by atoms with van der Waals surface area (Å²) in [5.74, 6) is 0.247. The maximum atomic E-state index is 12.0. The number of rotatable bonds is 2. The van der Waals surface area contributed by atoms with Crippen molar-refractivity contribution in [2.45, 2.75) is 37.9 Å². The van der Waals surface area contributed by atoms with Gasteiger partial charge in [-0.3, -0.25) is 20.0 Å². The van der Waals surface area contributed by atoms with Crippen LogP contribution in [0.3, 0.4) is 0 Å². The van der Waals surface area contributed by atoms with Gasteiger partial charge >= 0.3 is 5.97 Å². The third-order valence-electron chi connectivity index (χ3n) is 4.27. The van der Waals surface area contributed by atoms with Gasteiger partial charge in [-0.1, -0.05) is 12.2 Å². The van der Waals surface area contributed by atoms with Gasteiger partial charge in [-0.15, -0.1) is 0 Å². The summed E-state index contributed by atoms with van der Waals surface area (Å²) in [7, 11) is 0. The van der Waals surface area contributed by atoms with Crippen molar-refractivity contribution in [2.24, 2.45) is 10.9 Å². The molecule has 3 aliphatic rings. The van der Waals surface area contributed by atoms with E-state index in [2.05, 4.69) is 33.6 Å². The summed E-state index contributed by atoms with van der Waals surface area (Å²) in [6.07, 6.45) is 8.79. The van der Waals surface area contributed by atoms with Gasteiger partial charge in [0.05, 0.1) is 19.2 Å². The van der Waals surface area contributed by atoms with Crippen molar-refractivity contribution in [3.05, 3.63) is 12.2 Å². The molecule has 4 unspecified atom stereocenters. The van der Waals surface area contributed by atoms with Crippen LogP contribution in [0, 0.1) is 5.92 Å². The number of allylic oxidation sites excluding steroid dienone is 1. The number of hydrogen-bond donors (Lipinski definition) is 1. The molecule has 0 bridgehead atoms. The third-order valence-corrected chi connectivity index (χ3v) is 4.27. The maximum Gasteiger partial charge on any atom is 0.324 e. The molecule has 0 saturated carbocycles. The van der Waals surface area contributed by atoms with E-state index in [-0.39, 0.29) is 18.1 Å². The molecule has 0 aromatic heterocycles. The van der Waals surface area contributed by atoms with Gasteiger partial charge in [0, 0.05) is 24.8 Å². The average Bonchev–Trinajstić information content (AvgIpc) is 2.75. The summed E-state index contributed by atoms with van der Waals surface area (Å²) in [5, 5.41) is 3.30. The van der Waals surface area contributed by atoms with Crippen molar-refractivity contribution >= 4 is 12.2 Å². The van der Waals surface area contributed by atoms with E-state index in [1.54, 1.807) is 0 Å². The van der Waals surface area contributed by atoms with E-state index in [0.29, 0.717) is 25.1 Å². The molecule has 2 heterocycles. The SMILES string of the molecule is CCOC(=O)C1NCN2C3CCC=CC3C=NCC12. The minimum atomic E-state index is -0.234. The molecule has 0 radical (unpaired) electrons. The Kier molecular flexibility index (Phi) is 3.66. The van der Waals surface area contributed by atoms with Gasteiger partial charge in [-0.25, -0.2) is 0 Å². The number of ether oxygens (including phenoxy) is 1. The maximum absolute atomic E-state index is 12.0. The van der Waals surface area contributed by atoms with Gasteiger partial charge in [0.2, 0.25) is 0 Å². The van der Waals surface area contributed by atoms with Crippen LogP contribution >= 0.6 is 0 Å². The second kappa shape index (κ2) is 5.43. The molecule has 1 fully saturated rings. The normalized spacial score (nSPS) is 37.5. The molecule has 104 valence electrons. The quantitative estimate of drug-likeness (QED) is 0.584. The number of nitrogens with one attached hydrogen (secondary N) is 1. The van der Waals surface area contributed by atoms with Gasteiger partial charge in [-0.05, 0) is 19.8 Å². The fourth-order valence-electron chi connectivity index (χ4n) is 3.36. The van der Waals surface area contributed by atoms with E-state index >= 15 is 0 Å². The largest absolute Gasteiger partial charge is 0.465 e. The number of aliphatic imine (C=N–C) groups is 1. The molecule has 4 atom stereocenters. The lowest BCUT2D eigenvalue weighted by Gasteiger charge is -2.35. The van der Waals surface area contributed by atoms with Crippen molar-refractivity contribution in [3.8, 4) is 0 Å². The molecule has 0 aromatic carbocycles. The lowest BCUT2D eigenvalue weighted by molar-refractivity contribution is -0.145. The van der Waals surface area contributed by atoms with Gasteiger partial charge < -0.3 is 4.74 Å². The predicted octanol–water partition coefficient (Wildman–Crippen LogP) is 0.569. The molecule has 1 aliphatic carbocycles. The molecular formula is C14H21N3O2. The number of carbonyl (C=O) groups is 1. The van der Waals surface area contributed by atoms with Crippen molar-refractivity contribution in [2.75, 3.05) is 19.8 Å². The number of fused-ring (bicyclic) bond motifs is 3. The Bertz CT molecular complexity index is 407. The Labute approximate surface area is 113 Å². The van der Waals surface area contributed by atoms with E-state index in [1.807, 2.05) is 6.92 Å². The van der Waals surface area contributed by atoms with E-state index in [9.17, 15) is 4.79 Å². The number of nitrogens with zero attached hydrogens (tertiary/aromatic N) is 2.